The summed E-state index contributed by atoms with van der Waals surface area (Å²) in [6.07, 6.45) is -9.83. The van der Waals surface area contributed by atoms with Crippen molar-refractivity contribution >= 4 is 5.91 Å². The first-order chi connectivity index (χ1) is 18.3. The Labute approximate surface area is 224 Å². The van der Waals surface area contributed by atoms with E-state index in [4.69, 9.17) is 0 Å². The maximum Gasteiger partial charge on any atom is 0.416 e. The maximum absolute atomic E-state index is 13.7. The molecule has 2 unspecified atom stereocenters. The average molecular weight is 558 g/mol. The molecule has 2 saturated heterocycles. The van der Waals surface area contributed by atoms with Crippen molar-refractivity contribution in [3.05, 3.63) is 70.8 Å². The largest absolute Gasteiger partial charge is 0.416 e. The van der Waals surface area contributed by atoms with Gasteiger partial charge in [0.1, 0.15) is 12.3 Å². The number of carbonyl (C=O) groups excluding carboxylic acids is 1. The standard InChI is InChI=1S/C27H33F6N5O/c1-35(10-8-19-16-21(26(28,29)30)18-22(17-19)27(31,32)33)24(39)23(20-6-4-3-5-7-20)37-12-14-38(15-13-37)25-34-9-11-36(25)2/h3-7,16-18,23,25,34H,8-15H2,1-2H3. The number of halogens is 6. The highest BCUT2D eigenvalue weighted by Crippen LogP contribution is 2.36. The normalized spacial score (nSPS) is 20.8. The number of hydrogen-bond donors (Lipinski definition) is 1. The molecule has 2 aromatic carbocycles. The summed E-state index contributed by atoms with van der Waals surface area (Å²) >= 11 is 0. The Bertz CT molecular complexity index is 1090. The molecule has 0 spiro atoms. The Balaban J connectivity index is 1.48. The van der Waals surface area contributed by atoms with E-state index in [2.05, 4.69) is 27.1 Å². The second kappa shape index (κ2) is 11.8. The smallest absolute Gasteiger partial charge is 0.344 e. The Hall–Kier alpha value is -2.67. The highest BCUT2D eigenvalue weighted by molar-refractivity contribution is 5.83. The van der Waals surface area contributed by atoms with Gasteiger partial charge < -0.3 is 4.90 Å². The van der Waals surface area contributed by atoms with E-state index >= 15 is 0 Å². The minimum absolute atomic E-state index is 0.0302. The average Bonchev–Trinajstić information content (AvgIpc) is 3.33. The molecular formula is C27H33F6N5O. The van der Waals surface area contributed by atoms with Gasteiger partial charge in [-0.2, -0.15) is 26.3 Å². The molecule has 0 saturated carbocycles. The number of nitrogens with zero attached hydrogens (tertiary/aromatic N) is 4. The van der Waals surface area contributed by atoms with Crippen LogP contribution in [0.3, 0.4) is 0 Å². The van der Waals surface area contributed by atoms with Gasteiger partial charge in [-0.25, -0.2) is 0 Å². The molecule has 0 aliphatic carbocycles. The van der Waals surface area contributed by atoms with Crippen molar-refractivity contribution in [2.75, 3.05) is 59.9 Å². The van der Waals surface area contributed by atoms with Crippen molar-refractivity contribution in [3.63, 3.8) is 0 Å². The van der Waals surface area contributed by atoms with Crippen molar-refractivity contribution in [1.29, 1.82) is 0 Å². The zero-order chi connectivity index (χ0) is 28.4. The van der Waals surface area contributed by atoms with E-state index in [-0.39, 0.29) is 36.8 Å². The molecule has 0 aromatic heterocycles. The van der Waals surface area contributed by atoms with Gasteiger partial charge in [0.25, 0.3) is 0 Å². The number of amides is 1. The van der Waals surface area contributed by atoms with Gasteiger partial charge in [0.05, 0.1) is 11.1 Å². The summed E-state index contributed by atoms with van der Waals surface area (Å²) in [6.45, 7) is 4.59. The zero-order valence-electron chi connectivity index (χ0n) is 21.9. The molecule has 0 radical (unpaired) electrons. The molecule has 2 heterocycles. The fraction of sp³-hybridized carbons (Fsp3) is 0.519. The van der Waals surface area contributed by atoms with Crippen molar-refractivity contribution in [3.8, 4) is 0 Å². The predicted molar refractivity (Wildman–Crippen MR) is 135 cm³/mol. The number of likely N-dealkylation sites (N-methyl/N-ethyl adjacent to an activating group) is 2. The highest BCUT2D eigenvalue weighted by atomic mass is 19.4. The molecule has 0 bridgehead atoms. The van der Waals surface area contributed by atoms with Crippen LogP contribution in [0.15, 0.2) is 48.5 Å². The Morgan fingerprint density at radius 3 is 2.05 bits per heavy atom. The van der Waals surface area contributed by atoms with Crippen LogP contribution in [0, 0.1) is 0 Å². The lowest BCUT2D eigenvalue weighted by atomic mass is 10.0. The quantitative estimate of drug-likeness (QED) is 0.524. The van der Waals surface area contributed by atoms with Gasteiger partial charge in [0, 0.05) is 52.9 Å². The molecule has 2 fully saturated rings. The van der Waals surface area contributed by atoms with Crippen LogP contribution in [0.2, 0.25) is 0 Å². The second-order valence-electron chi connectivity index (χ2n) is 10.1. The minimum atomic E-state index is -4.92. The Kier molecular flexibility index (Phi) is 8.89. The van der Waals surface area contributed by atoms with E-state index in [1.807, 2.05) is 30.3 Å². The summed E-state index contributed by atoms with van der Waals surface area (Å²) < 4.78 is 79.6. The number of rotatable bonds is 7. The van der Waals surface area contributed by atoms with Gasteiger partial charge in [-0.05, 0) is 42.8 Å². The fourth-order valence-electron chi connectivity index (χ4n) is 5.22. The first-order valence-corrected chi connectivity index (χ1v) is 12.8. The molecule has 4 rings (SSSR count). The summed E-state index contributed by atoms with van der Waals surface area (Å²) in [5.41, 5.74) is -2.06. The van der Waals surface area contributed by atoms with Gasteiger partial charge in [0.2, 0.25) is 5.91 Å². The van der Waals surface area contributed by atoms with Gasteiger partial charge >= 0.3 is 12.4 Å². The number of alkyl halides is 6. The lowest BCUT2D eigenvalue weighted by Crippen LogP contribution is -2.58. The number of nitrogens with one attached hydrogen (secondary N) is 1. The van der Waals surface area contributed by atoms with E-state index in [1.54, 1.807) is 0 Å². The lowest BCUT2D eigenvalue weighted by Gasteiger charge is -2.43. The molecule has 2 aliphatic heterocycles. The minimum Gasteiger partial charge on any atom is -0.344 e. The Morgan fingerprint density at radius 1 is 0.949 bits per heavy atom. The number of hydrogen-bond acceptors (Lipinski definition) is 5. The van der Waals surface area contributed by atoms with E-state index in [0.29, 0.717) is 13.1 Å². The number of carbonyl (C=O) groups is 1. The molecule has 1 amide bonds. The van der Waals surface area contributed by atoms with Crippen LogP contribution < -0.4 is 5.32 Å². The molecule has 214 valence electrons. The van der Waals surface area contributed by atoms with Crippen LogP contribution >= 0.6 is 0 Å². The summed E-state index contributed by atoms with van der Waals surface area (Å²) in [5.74, 6) is -0.256. The van der Waals surface area contributed by atoms with Crippen LogP contribution in [-0.4, -0.2) is 91.7 Å². The van der Waals surface area contributed by atoms with Crippen molar-refractivity contribution in [2.45, 2.75) is 31.1 Å². The topological polar surface area (TPSA) is 42.1 Å². The van der Waals surface area contributed by atoms with Crippen molar-refractivity contribution in [2.24, 2.45) is 0 Å². The van der Waals surface area contributed by atoms with E-state index in [0.717, 1.165) is 43.9 Å². The van der Waals surface area contributed by atoms with E-state index < -0.39 is 29.5 Å². The molecule has 1 N–H and O–H groups in total. The zero-order valence-corrected chi connectivity index (χ0v) is 21.9. The third-order valence-electron chi connectivity index (χ3n) is 7.38. The van der Waals surface area contributed by atoms with E-state index in [1.165, 1.54) is 11.9 Å². The van der Waals surface area contributed by atoms with Crippen LogP contribution in [0.5, 0.6) is 0 Å². The maximum atomic E-state index is 13.7. The molecular weight excluding hydrogens is 524 g/mol. The molecule has 2 atom stereocenters. The van der Waals surface area contributed by atoms with Crippen LogP contribution in [0.25, 0.3) is 0 Å². The van der Waals surface area contributed by atoms with E-state index in [9.17, 15) is 31.1 Å². The van der Waals surface area contributed by atoms with Crippen LogP contribution in [0.4, 0.5) is 26.3 Å². The molecule has 6 nitrogen and oxygen atoms in total. The summed E-state index contributed by atoms with van der Waals surface area (Å²) in [5, 5.41) is 3.47. The van der Waals surface area contributed by atoms with Gasteiger partial charge in [-0.15, -0.1) is 0 Å². The predicted octanol–water partition coefficient (Wildman–Crippen LogP) is 3.90. The van der Waals surface area contributed by atoms with Gasteiger partial charge in [0.15, 0.2) is 0 Å². The summed E-state index contributed by atoms with van der Waals surface area (Å²) in [6, 6.07) is 10.2. The lowest BCUT2D eigenvalue weighted by molar-refractivity contribution is -0.143. The van der Waals surface area contributed by atoms with Crippen LogP contribution in [0.1, 0.15) is 28.3 Å². The third kappa shape index (κ3) is 7.10. The van der Waals surface area contributed by atoms with Crippen molar-refractivity contribution in [1.82, 2.24) is 24.9 Å². The van der Waals surface area contributed by atoms with Gasteiger partial charge in [-0.1, -0.05) is 30.3 Å². The number of piperazine rings is 1. The van der Waals surface area contributed by atoms with Gasteiger partial charge in [-0.3, -0.25) is 24.8 Å². The highest BCUT2D eigenvalue weighted by Gasteiger charge is 2.38. The number of benzene rings is 2. The second-order valence-corrected chi connectivity index (χ2v) is 10.1. The Morgan fingerprint density at radius 2 is 1.54 bits per heavy atom. The first kappa shape index (κ1) is 29.3. The van der Waals surface area contributed by atoms with Crippen LogP contribution in [-0.2, 0) is 23.6 Å². The fourth-order valence-corrected chi connectivity index (χ4v) is 5.22. The SMILES string of the molecule is CN(CCc1cc(C(F)(F)F)cc(C(F)(F)F)c1)C(=O)C(c1ccccc1)N1CCN(C2NCCN2C)CC1. The molecule has 2 aliphatic rings. The third-order valence-corrected chi connectivity index (χ3v) is 7.38. The first-order valence-electron chi connectivity index (χ1n) is 12.8. The monoisotopic (exact) mass is 557 g/mol. The summed E-state index contributed by atoms with van der Waals surface area (Å²) in [7, 11) is 3.59. The molecule has 12 heteroatoms. The molecule has 39 heavy (non-hydrogen) atoms. The molecule has 2 aromatic rings. The summed E-state index contributed by atoms with van der Waals surface area (Å²) in [4.78, 5) is 21.7. The van der Waals surface area contributed by atoms with Crippen molar-refractivity contribution < 1.29 is 31.1 Å².